The molecule has 1 aromatic carbocycles. The van der Waals surface area contributed by atoms with Crippen LogP contribution < -0.4 is 0 Å². The summed E-state index contributed by atoms with van der Waals surface area (Å²) in [5.74, 6) is 2.03. The van der Waals surface area contributed by atoms with E-state index in [9.17, 15) is 0 Å². The fourth-order valence-corrected chi connectivity index (χ4v) is 3.17. The fourth-order valence-electron chi connectivity index (χ4n) is 3.17. The van der Waals surface area contributed by atoms with Gasteiger partial charge in [0.25, 0.3) is 0 Å². The van der Waals surface area contributed by atoms with Gasteiger partial charge in [0.15, 0.2) is 0 Å². The molecule has 1 heterocycles. The quantitative estimate of drug-likeness (QED) is 0.752. The summed E-state index contributed by atoms with van der Waals surface area (Å²) < 4.78 is 6.06. The van der Waals surface area contributed by atoms with E-state index in [1.54, 1.807) is 6.20 Å². The number of aromatic nitrogens is 1. The van der Waals surface area contributed by atoms with Crippen LogP contribution in [0.3, 0.4) is 0 Å². The van der Waals surface area contributed by atoms with Crippen molar-refractivity contribution in [1.29, 1.82) is 0 Å². The second-order valence-electron chi connectivity index (χ2n) is 6.18. The van der Waals surface area contributed by atoms with Crippen molar-refractivity contribution in [2.24, 2.45) is 10.9 Å². The van der Waals surface area contributed by atoms with Gasteiger partial charge in [-0.15, -0.1) is 0 Å². The number of rotatable bonds is 4. The zero-order valence-corrected chi connectivity index (χ0v) is 13.8. The van der Waals surface area contributed by atoms with Gasteiger partial charge in [-0.2, -0.15) is 0 Å². The maximum atomic E-state index is 6.06. The van der Waals surface area contributed by atoms with Crippen molar-refractivity contribution in [2.45, 2.75) is 33.1 Å². The van der Waals surface area contributed by atoms with Crippen LogP contribution in [0.1, 0.15) is 30.4 Å². The van der Waals surface area contributed by atoms with E-state index in [4.69, 9.17) is 9.40 Å². The Balaban J connectivity index is 1.89. The van der Waals surface area contributed by atoms with Gasteiger partial charge in [0.05, 0.1) is 5.69 Å². The average molecular weight is 306 g/mol. The minimum absolute atomic E-state index is 0.330. The number of oxazole rings is 1. The highest BCUT2D eigenvalue weighted by Gasteiger charge is 2.27. The van der Waals surface area contributed by atoms with Gasteiger partial charge in [-0.25, -0.2) is 4.98 Å². The molecule has 1 aliphatic carbocycles. The summed E-state index contributed by atoms with van der Waals surface area (Å²) in [5, 5.41) is 0. The molecule has 1 unspecified atom stereocenters. The van der Waals surface area contributed by atoms with E-state index < -0.39 is 0 Å². The molecule has 1 aromatic heterocycles. The summed E-state index contributed by atoms with van der Waals surface area (Å²) >= 11 is 0. The Bertz CT molecular complexity index is 783. The Morgan fingerprint density at radius 2 is 2.26 bits per heavy atom. The molecule has 23 heavy (non-hydrogen) atoms. The average Bonchev–Trinajstić information content (AvgIpc) is 2.95. The Hall–Kier alpha value is -2.42. The minimum atomic E-state index is 0.330. The summed E-state index contributed by atoms with van der Waals surface area (Å²) in [7, 11) is 0. The normalized spacial score (nSPS) is 17.7. The summed E-state index contributed by atoms with van der Waals surface area (Å²) in [4.78, 5) is 9.11. The van der Waals surface area contributed by atoms with E-state index >= 15 is 0 Å². The lowest BCUT2D eigenvalue weighted by Crippen LogP contribution is -2.22. The van der Waals surface area contributed by atoms with E-state index in [2.05, 4.69) is 37.2 Å². The first kappa shape index (κ1) is 15.5. The molecule has 118 valence electrons. The standard InChI is InChI=1S/C20H22N2O/c1-5-21-19(13(2)3)15-9-10-17-18(12-15)23-20(22-17)16-8-6-7-14(4)11-16/h5-8,11,15H,1-2,9-10,12H2,3-4H3. The van der Waals surface area contributed by atoms with Crippen molar-refractivity contribution < 1.29 is 4.42 Å². The number of hydrogen-bond donors (Lipinski definition) is 0. The Morgan fingerprint density at radius 3 is 2.96 bits per heavy atom. The number of hydrogen-bond acceptors (Lipinski definition) is 3. The van der Waals surface area contributed by atoms with Crippen molar-refractivity contribution >= 4 is 5.71 Å². The van der Waals surface area contributed by atoms with E-state index in [1.807, 2.05) is 19.1 Å². The van der Waals surface area contributed by atoms with E-state index in [0.29, 0.717) is 5.92 Å². The molecule has 1 aliphatic rings. The first-order valence-corrected chi connectivity index (χ1v) is 7.98. The lowest BCUT2D eigenvalue weighted by Gasteiger charge is -2.22. The lowest BCUT2D eigenvalue weighted by atomic mass is 9.84. The topological polar surface area (TPSA) is 38.4 Å². The molecule has 0 aliphatic heterocycles. The summed E-state index contributed by atoms with van der Waals surface area (Å²) in [5.41, 5.74) is 5.35. The summed E-state index contributed by atoms with van der Waals surface area (Å²) in [6.07, 6.45) is 4.36. The highest BCUT2D eigenvalue weighted by Crippen LogP contribution is 2.32. The molecule has 3 nitrogen and oxygen atoms in total. The van der Waals surface area contributed by atoms with Crippen molar-refractivity contribution in [3.8, 4) is 11.5 Å². The molecule has 0 saturated heterocycles. The third kappa shape index (κ3) is 3.19. The predicted octanol–water partition coefficient (Wildman–Crippen LogP) is 4.92. The summed E-state index contributed by atoms with van der Waals surface area (Å²) in [6.45, 7) is 11.8. The first-order chi connectivity index (χ1) is 11.1. The van der Waals surface area contributed by atoms with Gasteiger partial charge in [-0.3, -0.25) is 4.99 Å². The molecule has 2 aromatic rings. The third-order valence-corrected chi connectivity index (χ3v) is 4.26. The van der Waals surface area contributed by atoms with E-state index in [1.165, 1.54) is 5.56 Å². The summed E-state index contributed by atoms with van der Waals surface area (Å²) in [6, 6.07) is 8.26. The molecule has 0 amide bonds. The molecule has 0 radical (unpaired) electrons. The zero-order chi connectivity index (χ0) is 16.4. The van der Waals surface area contributed by atoms with Crippen LogP contribution in [0.2, 0.25) is 0 Å². The van der Waals surface area contributed by atoms with Gasteiger partial charge in [-0.1, -0.05) is 30.9 Å². The maximum Gasteiger partial charge on any atom is 0.226 e. The van der Waals surface area contributed by atoms with Crippen molar-refractivity contribution in [1.82, 2.24) is 4.98 Å². The van der Waals surface area contributed by atoms with Crippen LogP contribution in [0.4, 0.5) is 0 Å². The molecule has 0 saturated carbocycles. The van der Waals surface area contributed by atoms with Gasteiger partial charge in [0, 0.05) is 29.8 Å². The van der Waals surface area contributed by atoms with Crippen LogP contribution >= 0.6 is 0 Å². The molecule has 0 spiro atoms. The highest BCUT2D eigenvalue weighted by molar-refractivity contribution is 6.01. The molecule has 0 bridgehead atoms. The van der Waals surface area contributed by atoms with Crippen LogP contribution in [0.15, 0.2) is 58.6 Å². The highest BCUT2D eigenvalue weighted by atomic mass is 16.4. The molecule has 0 fully saturated rings. The first-order valence-electron chi connectivity index (χ1n) is 7.98. The number of aliphatic imine (C=N–C) groups is 1. The molecule has 3 heteroatoms. The molecule has 0 N–H and O–H groups in total. The number of aryl methyl sites for hydroxylation is 2. The molecule has 1 atom stereocenters. The van der Waals surface area contributed by atoms with E-state index in [-0.39, 0.29) is 0 Å². The van der Waals surface area contributed by atoms with Crippen LogP contribution in [0, 0.1) is 12.8 Å². The van der Waals surface area contributed by atoms with Gasteiger partial charge >= 0.3 is 0 Å². The zero-order valence-electron chi connectivity index (χ0n) is 13.8. The van der Waals surface area contributed by atoms with E-state index in [0.717, 1.165) is 53.5 Å². The minimum Gasteiger partial charge on any atom is -0.441 e. The third-order valence-electron chi connectivity index (χ3n) is 4.26. The van der Waals surface area contributed by atoms with Gasteiger partial charge < -0.3 is 4.42 Å². The number of nitrogens with zero attached hydrogens (tertiary/aromatic N) is 2. The monoisotopic (exact) mass is 306 g/mol. The Morgan fingerprint density at radius 1 is 1.43 bits per heavy atom. The largest absolute Gasteiger partial charge is 0.441 e. The molecular weight excluding hydrogens is 284 g/mol. The molecular formula is C20H22N2O. The second-order valence-corrected chi connectivity index (χ2v) is 6.18. The van der Waals surface area contributed by atoms with Crippen molar-refractivity contribution in [3.05, 3.63) is 66.2 Å². The number of benzene rings is 1. The Kier molecular flexibility index (Phi) is 4.28. The molecule has 3 rings (SSSR count). The van der Waals surface area contributed by atoms with Crippen LogP contribution in [0.5, 0.6) is 0 Å². The number of fused-ring (bicyclic) bond motifs is 1. The Labute approximate surface area is 137 Å². The van der Waals surface area contributed by atoms with Gasteiger partial charge in [-0.05, 0) is 44.4 Å². The van der Waals surface area contributed by atoms with Crippen LogP contribution in [-0.4, -0.2) is 10.7 Å². The maximum absolute atomic E-state index is 6.06. The fraction of sp³-hybridized carbons (Fsp3) is 0.300. The second kappa shape index (κ2) is 6.37. The van der Waals surface area contributed by atoms with Crippen LogP contribution in [-0.2, 0) is 12.8 Å². The lowest BCUT2D eigenvalue weighted by molar-refractivity contribution is 0.456. The predicted molar refractivity (Wildman–Crippen MR) is 94.6 cm³/mol. The smallest absolute Gasteiger partial charge is 0.226 e. The SMILES string of the molecule is C=CN=C(C(=C)C)C1CCc2nc(-c3cccc(C)c3)oc2C1. The van der Waals surface area contributed by atoms with Crippen LogP contribution in [0.25, 0.3) is 11.5 Å². The van der Waals surface area contributed by atoms with Gasteiger partial charge in [0.2, 0.25) is 5.89 Å². The number of allylic oxidation sites excluding steroid dienone is 1. The van der Waals surface area contributed by atoms with Crippen molar-refractivity contribution in [3.63, 3.8) is 0 Å². The van der Waals surface area contributed by atoms with Crippen molar-refractivity contribution in [2.75, 3.05) is 0 Å². The van der Waals surface area contributed by atoms with Gasteiger partial charge in [0.1, 0.15) is 5.76 Å².